The molecule has 0 amide bonds. The highest BCUT2D eigenvalue weighted by atomic mass is 35.5. The molecular weight excluding hydrogens is 456 g/mol. The molecule has 1 heterocycles. The number of ether oxygens (including phenoxy) is 3. The van der Waals surface area contributed by atoms with Crippen molar-refractivity contribution in [3.8, 4) is 39.8 Å². The first kappa shape index (κ1) is 23.2. The highest BCUT2D eigenvalue weighted by Gasteiger charge is 2.19. The van der Waals surface area contributed by atoms with Crippen LogP contribution in [0.1, 0.15) is 5.56 Å². The summed E-state index contributed by atoms with van der Waals surface area (Å²) in [4.78, 5) is 11.1. The lowest BCUT2D eigenvalue weighted by molar-refractivity contribution is -0.139. The van der Waals surface area contributed by atoms with Gasteiger partial charge in [0.2, 0.25) is 0 Å². The number of carbonyl (C=O) groups is 1. The monoisotopic (exact) mass is 478 g/mol. The molecule has 0 bridgehead atoms. The molecule has 0 spiro atoms. The number of methoxy groups -OCH3 is 2. The topological polar surface area (TPSA) is 82.8 Å². The third-order valence-electron chi connectivity index (χ3n) is 5.24. The molecule has 0 atom stereocenters. The van der Waals surface area contributed by atoms with Gasteiger partial charge in [0.15, 0.2) is 6.61 Å². The fraction of sp³-hybridized carbons (Fsp3) is 0.154. The summed E-state index contributed by atoms with van der Waals surface area (Å²) in [6.07, 6.45) is 0. The SMILES string of the molecule is COc1ccccc1Cn1nc(-c2cc(Cl)ccc2OCC(=O)O)cc1-c1ccccc1OC. The summed E-state index contributed by atoms with van der Waals surface area (Å²) in [5.41, 5.74) is 3.78. The van der Waals surface area contributed by atoms with E-state index in [1.54, 1.807) is 32.4 Å². The second-order valence-electron chi connectivity index (χ2n) is 7.41. The lowest BCUT2D eigenvalue weighted by Gasteiger charge is -2.13. The Kier molecular flexibility index (Phi) is 7.04. The highest BCUT2D eigenvalue weighted by molar-refractivity contribution is 6.31. The molecule has 4 rings (SSSR count). The van der Waals surface area contributed by atoms with Crippen LogP contribution in [0.2, 0.25) is 5.02 Å². The van der Waals surface area contributed by atoms with Crippen LogP contribution in [0, 0.1) is 0 Å². The molecule has 7 nitrogen and oxygen atoms in total. The maximum absolute atomic E-state index is 11.1. The number of carboxylic acid groups (broad SMARTS) is 1. The molecule has 1 N–H and O–H groups in total. The van der Waals surface area contributed by atoms with Crippen molar-refractivity contribution >= 4 is 17.6 Å². The van der Waals surface area contributed by atoms with Crippen LogP contribution in [0.25, 0.3) is 22.5 Å². The molecule has 3 aromatic carbocycles. The van der Waals surface area contributed by atoms with Crippen molar-refractivity contribution in [3.63, 3.8) is 0 Å². The lowest BCUT2D eigenvalue weighted by atomic mass is 10.1. The third-order valence-corrected chi connectivity index (χ3v) is 5.48. The van der Waals surface area contributed by atoms with Gasteiger partial charge in [-0.05, 0) is 42.5 Å². The van der Waals surface area contributed by atoms with Gasteiger partial charge in [0, 0.05) is 21.7 Å². The van der Waals surface area contributed by atoms with Gasteiger partial charge in [-0.15, -0.1) is 0 Å². The van der Waals surface area contributed by atoms with Crippen LogP contribution in [-0.2, 0) is 11.3 Å². The highest BCUT2D eigenvalue weighted by Crippen LogP contribution is 2.37. The van der Waals surface area contributed by atoms with Crippen molar-refractivity contribution in [1.82, 2.24) is 9.78 Å². The van der Waals surface area contributed by atoms with Crippen LogP contribution < -0.4 is 14.2 Å². The Morgan fingerprint density at radius 2 is 1.62 bits per heavy atom. The maximum Gasteiger partial charge on any atom is 0.341 e. The van der Waals surface area contributed by atoms with E-state index >= 15 is 0 Å². The summed E-state index contributed by atoms with van der Waals surface area (Å²) in [6.45, 7) is -0.0425. The number of hydrogen-bond acceptors (Lipinski definition) is 5. The van der Waals surface area contributed by atoms with E-state index in [0.717, 1.165) is 22.6 Å². The largest absolute Gasteiger partial charge is 0.496 e. The molecular formula is C26H23ClN2O5. The summed E-state index contributed by atoms with van der Waals surface area (Å²) >= 11 is 6.27. The minimum absolute atomic E-state index is 0.375. The summed E-state index contributed by atoms with van der Waals surface area (Å²) < 4.78 is 18.5. The second-order valence-corrected chi connectivity index (χ2v) is 7.84. The molecule has 0 saturated carbocycles. The number of aromatic nitrogens is 2. The van der Waals surface area contributed by atoms with E-state index in [2.05, 4.69) is 0 Å². The molecule has 0 fully saturated rings. The molecule has 0 aliphatic carbocycles. The minimum Gasteiger partial charge on any atom is -0.496 e. The van der Waals surface area contributed by atoms with Crippen LogP contribution in [0.15, 0.2) is 72.8 Å². The van der Waals surface area contributed by atoms with E-state index in [-0.39, 0.29) is 0 Å². The first-order valence-corrected chi connectivity index (χ1v) is 10.9. The fourth-order valence-electron chi connectivity index (χ4n) is 3.70. The van der Waals surface area contributed by atoms with Crippen LogP contribution in [0.5, 0.6) is 17.2 Å². The van der Waals surface area contributed by atoms with Crippen LogP contribution in [-0.4, -0.2) is 41.7 Å². The number of nitrogens with zero attached hydrogens (tertiary/aromatic N) is 2. The predicted molar refractivity (Wildman–Crippen MR) is 130 cm³/mol. The summed E-state index contributed by atoms with van der Waals surface area (Å²) in [5.74, 6) is 0.750. The normalized spacial score (nSPS) is 10.7. The quantitative estimate of drug-likeness (QED) is 0.347. The zero-order valence-corrected chi connectivity index (χ0v) is 19.5. The van der Waals surface area contributed by atoms with Crippen LogP contribution in [0.4, 0.5) is 0 Å². The van der Waals surface area contributed by atoms with E-state index in [1.165, 1.54) is 0 Å². The molecule has 34 heavy (non-hydrogen) atoms. The van der Waals surface area contributed by atoms with Gasteiger partial charge in [-0.25, -0.2) is 4.79 Å². The number of benzene rings is 3. The van der Waals surface area contributed by atoms with Crippen molar-refractivity contribution in [2.45, 2.75) is 6.54 Å². The molecule has 0 aliphatic heterocycles. The summed E-state index contributed by atoms with van der Waals surface area (Å²) in [7, 11) is 3.25. The minimum atomic E-state index is -1.07. The van der Waals surface area contributed by atoms with E-state index in [1.807, 2.05) is 59.3 Å². The van der Waals surface area contributed by atoms with Gasteiger partial charge in [0.05, 0.1) is 32.2 Å². The molecule has 0 aliphatic rings. The second kappa shape index (κ2) is 10.3. The zero-order valence-electron chi connectivity index (χ0n) is 18.7. The van der Waals surface area contributed by atoms with Crippen molar-refractivity contribution in [2.75, 3.05) is 20.8 Å². The van der Waals surface area contributed by atoms with Crippen LogP contribution in [0.3, 0.4) is 0 Å². The van der Waals surface area contributed by atoms with Gasteiger partial charge in [0.25, 0.3) is 0 Å². The standard InChI is InChI=1S/C26H23ClN2O5/c1-32-23-9-5-3-7-17(23)15-29-22(19-8-4-6-10-24(19)33-2)14-21(28-29)20-13-18(27)11-12-25(20)34-16-26(30)31/h3-14H,15-16H2,1-2H3,(H,30,31). The first-order chi connectivity index (χ1) is 16.5. The molecule has 0 radical (unpaired) electrons. The van der Waals surface area contributed by atoms with Crippen molar-refractivity contribution in [2.24, 2.45) is 0 Å². The zero-order chi connectivity index (χ0) is 24.1. The maximum atomic E-state index is 11.1. The van der Waals surface area contributed by atoms with Gasteiger partial charge in [-0.2, -0.15) is 5.10 Å². The van der Waals surface area contributed by atoms with Gasteiger partial charge in [-0.1, -0.05) is 41.9 Å². The average molecular weight is 479 g/mol. The Balaban J connectivity index is 1.87. The van der Waals surface area contributed by atoms with E-state index in [4.69, 9.17) is 36.0 Å². The lowest BCUT2D eigenvalue weighted by Crippen LogP contribution is -2.10. The summed E-state index contributed by atoms with van der Waals surface area (Å²) in [6, 6.07) is 22.3. The molecule has 174 valence electrons. The van der Waals surface area contributed by atoms with E-state index < -0.39 is 12.6 Å². The van der Waals surface area contributed by atoms with Crippen molar-refractivity contribution in [3.05, 3.63) is 83.4 Å². The Morgan fingerprint density at radius 3 is 2.35 bits per heavy atom. The molecule has 0 unspecified atom stereocenters. The molecule has 1 aromatic heterocycles. The Hall–Kier alpha value is -3.97. The van der Waals surface area contributed by atoms with Gasteiger partial charge >= 0.3 is 5.97 Å². The number of rotatable bonds is 9. The number of para-hydroxylation sites is 2. The molecule has 0 saturated heterocycles. The van der Waals surface area contributed by atoms with Crippen molar-refractivity contribution in [1.29, 1.82) is 0 Å². The summed E-state index contributed by atoms with van der Waals surface area (Å²) in [5, 5.41) is 14.4. The average Bonchev–Trinajstić information content (AvgIpc) is 3.26. The van der Waals surface area contributed by atoms with E-state index in [9.17, 15) is 4.79 Å². The smallest absolute Gasteiger partial charge is 0.341 e. The number of halogens is 1. The van der Waals surface area contributed by atoms with Crippen molar-refractivity contribution < 1.29 is 24.1 Å². The molecule has 4 aromatic rings. The fourth-order valence-corrected chi connectivity index (χ4v) is 3.88. The third kappa shape index (κ3) is 5.00. The van der Waals surface area contributed by atoms with Gasteiger partial charge in [0.1, 0.15) is 17.2 Å². The Morgan fingerprint density at radius 1 is 0.912 bits per heavy atom. The van der Waals surface area contributed by atoms with Crippen LogP contribution >= 0.6 is 11.6 Å². The molecule has 8 heteroatoms. The number of hydrogen-bond donors (Lipinski definition) is 1. The first-order valence-electron chi connectivity index (χ1n) is 10.5. The van der Waals surface area contributed by atoms with Gasteiger partial charge < -0.3 is 19.3 Å². The number of carboxylic acids is 1. The predicted octanol–water partition coefficient (Wildman–Crippen LogP) is 5.40. The van der Waals surface area contributed by atoms with Gasteiger partial charge in [-0.3, -0.25) is 4.68 Å². The Bertz CT molecular complexity index is 1320. The Labute approximate surface area is 202 Å². The number of aliphatic carboxylic acids is 1. The van der Waals surface area contributed by atoms with E-state index in [0.29, 0.717) is 34.3 Å².